The van der Waals surface area contributed by atoms with Crippen LogP contribution in [0.4, 0.5) is 51.2 Å². The summed E-state index contributed by atoms with van der Waals surface area (Å²) in [7, 11) is 0. The summed E-state index contributed by atoms with van der Waals surface area (Å²) in [5.74, 6) is 1.63. The average Bonchev–Trinajstić information content (AvgIpc) is 3.20. The second kappa shape index (κ2) is 12.2. The highest BCUT2D eigenvalue weighted by atomic mass is 32.2. The van der Waals surface area contributed by atoms with Crippen molar-refractivity contribution in [2.24, 2.45) is 0 Å². The molecule has 2 aliphatic heterocycles. The lowest BCUT2D eigenvalue weighted by Crippen LogP contribution is -2.17. The number of benzene rings is 8. The highest BCUT2D eigenvalue weighted by Crippen LogP contribution is 2.54. The molecule has 4 nitrogen and oxygen atoms in total. The van der Waals surface area contributed by atoms with E-state index >= 15 is 0 Å². The molecule has 0 radical (unpaired) electrons. The molecule has 0 unspecified atom stereocenters. The fourth-order valence-corrected chi connectivity index (χ4v) is 8.36. The van der Waals surface area contributed by atoms with Gasteiger partial charge < -0.3 is 19.4 Å². The van der Waals surface area contributed by atoms with E-state index < -0.39 is 0 Å². The van der Waals surface area contributed by atoms with Crippen LogP contribution in [-0.2, 0) is 0 Å². The van der Waals surface area contributed by atoms with Crippen molar-refractivity contribution in [1.82, 2.24) is 0 Å². The van der Waals surface area contributed by atoms with E-state index in [0.29, 0.717) is 0 Å². The molecule has 0 spiro atoms. The van der Waals surface area contributed by atoms with E-state index in [4.69, 9.17) is 4.74 Å². The maximum atomic E-state index is 6.67. The van der Waals surface area contributed by atoms with Gasteiger partial charge in [-0.05, 0) is 96.4 Å². The van der Waals surface area contributed by atoms with Crippen LogP contribution in [0.5, 0.6) is 11.5 Å². The van der Waals surface area contributed by atoms with Crippen LogP contribution < -0.4 is 19.4 Å². The number of hydrogen-bond acceptors (Lipinski definition) is 5. The molecule has 0 fully saturated rings. The van der Waals surface area contributed by atoms with Crippen LogP contribution in [0.3, 0.4) is 0 Å². The smallest absolute Gasteiger partial charge is 0.153 e. The largest absolute Gasteiger partial charge is 0.453 e. The van der Waals surface area contributed by atoms with E-state index in [1.54, 1.807) is 0 Å². The molecule has 10 rings (SSSR count). The van der Waals surface area contributed by atoms with Crippen LogP contribution in [-0.4, -0.2) is 0 Å². The van der Waals surface area contributed by atoms with Crippen LogP contribution in [0.2, 0.25) is 0 Å². The number of para-hydroxylation sites is 5. The second-order valence-electron chi connectivity index (χ2n) is 12.6. The summed E-state index contributed by atoms with van der Waals surface area (Å²) in [6.45, 7) is 0. The third kappa shape index (κ3) is 5.01. The number of fused-ring (bicyclic) bond motifs is 5. The monoisotopic (exact) mass is 673 g/mol. The molecule has 0 aliphatic carbocycles. The fraction of sp³-hybridized carbons (Fsp3) is 0. The van der Waals surface area contributed by atoms with E-state index in [-0.39, 0.29) is 0 Å². The predicted octanol–water partition coefficient (Wildman–Crippen LogP) is 13.8. The summed E-state index contributed by atoms with van der Waals surface area (Å²) in [5, 5.41) is 2.36. The van der Waals surface area contributed by atoms with Gasteiger partial charge in [0.05, 0.1) is 34.1 Å². The van der Waals surface area contributed by atoms with Crippen molar-refractivity contribution in [2.45, 2.75) is 9.79 Å². The minimum Gasteiger partial charge on any atom is -0.453 e. The third-order valence-corrected chi connectivity index (χ3v) is 10.7. The molecule has 0 saturated carbocycles. The van der Waals surface area contributed by atoms with E-state index in [0.717, 1.165) is 51.3 Å². The summed E-state index contributed by atoms with van der Waals surface area (Å²) in [4.78, 5) is 9.49. The summed E-state index contributed by atoms with van der Waals surface area (Å²) < 4.78 is 6.67. The zero-order valence-electron chi connectivity index (χ0n) is 27.6. The Morgan fingerprint density at radius 2 is 0.980 bits per heavy atom. The Bertz CT molecular complexity index is 2520. The van der Waals surface area contributed by atoms with E-state index in [1.807, 2.05) is 23.9 Å². The minimum atomic E-state index is 0.802. The Morgan fingerprint density at radius 3 is 1.76 bits per heavy atom. The van der Waals surface area contributed by atoms with Crippen molar-refractivity contribution in [3.05, 3.63) is 188 Å². The van der Waals surface area contributed by atoms with Crippen LogP contribution in [0, 0.1) is 0 Å². The van der Waals surface area contributed by atoms with Crippen molar-refractivity contribution in [1.29, 1.82) is 0 Å². The summed E-state index contributed by atoms with van der Waals surface area (Å²) in [5.41, 5.74) is 9.76. The third-order valence-electron chi connectivity index (χ3n) is 9.59. The first kappa shape index (κ1) is 29.5. The molecule has 0 aromatic heterocycles. The fourth-order valence-electron chi connectivity index (χ4n) is 7.30. The van der Waals surface area contributed by atoms with E-state index in [2.05, 4.69) is 191 Å². The predicted molar refractivity (Wildman–Crippen MR) is 212 cm³/mol. The number of anilines is 9. The van der Waals surface area contributed by atoms with Crippen molar-refractivity contribution in [3.8, 4) is 11.5 Å². The van der Waals surface area contributed by atoms with Gasteiger partial charge in [0.1, 0.15) is 0 Å². The van der Waals surface area contributed by atoms with Crippen molar-refractivity contribution in [3.63, 3.8) is 0 Å². The molecule has 0 N–H and O–H groups in total. The SMILES string of the molecule is c1ccc(N2c3ccccc3Oc3cc(N(c4ccc(N5c6ccccc6Sc6ccccc65)cc4)c4cccc5ccccc45)ccc32)cc1. The first-order valence-electron chi connectivity index (χ1n) is 17.1. The Labute approximate surface area is 301 Å². The lowest BCUT2D eigenvalue weighted by atomic mass is 10.1. The van der Waals surface area contributed by atoms with Gasteiger partial charge in [-0.25, -0.2) is 0 Å². The number of nitrogens with zero attached hydrogens (tertiary/aromatic N) is 3. The summed E-state index contributed by atoms with van der Waals surface area (Å²) in [6, 6.07) is 66.6. The van der Waals surface area contributed by atoms with Gasteiger partial charge >= 0.3 is 0 Å². The number of rotatable bonds is 5. The quantitative estimate of drug-likeness (QED) is 0.180. The molecule has 0 bridgehead atoms. The highest BCUT2D eigenvalue weighted by molar-refractivity contribution is 7.99. The molecule has 51 heavy (non-hydrogen) atoms. The van der Waals surface area contributed by atoms with Crippen molar-refractivity contribution in [2.75, 3.05) is 14.7 Å². The highest BCUT2D eigenvalue weighted by Gasteiger charge is 2.28. The van der Waals surface area contributed by atoms with Gasteiger partial charge in [-0.15, -0.1) is 0 Å². The topological polar surface area (TPSA) is 19.0 Å². The van der Waals surface area contributed by atoms with Gasteiger partial charge in [0, 0.05) is 38.3 Å². The maximum Gasteiger partial charge on any atom is 0.153 e. The molecule has 0 amide bonds. The maximum absolute atomic E-state index is 6.67. The Morgan fingerprint density at radius 1 is 0.412 bits per heavy atom. The molecule has 5 heteroatoms. The van der Waals surface area contributed by atoms with Gasteiger partial charge in [0.25, 0.3) is 0 Å². The molecule has 242 valence electrons. The zero-order valence-corrected chi connectivity index (χ0v) is 28.4. The van der Waals surface area contributed by atoms with Gasteiger partial charge in [0.2, 0.25) is 0 Å². The first-order valence-corrected chi connectivity index (χ1v) is 17.9. The van der Waals surface area contributed by atoms with Crippen LogP contribution >= 0.6 is 11.8 Å². The first-order chi connectivity index (χ1) is 25.3. The molecule has 8 aromatic carbocycles. The minimum absolute atomic E-state index is 0.802. The van der Waals surface area contributed by atoms with Crippen molar-refractivity contribution >= 4 is 73.7 Å². The Hall–Kier alpha value is -6.43. The Kier molecular flexibility index (Phi) is 7.03. The second-order valence-corrected chi connectivity index (χ2v) is 13.7. The van der Waals surface area contributed by atoms with E-state index in [1.165, 1.54) is 31.9 Å². The summed E-state index contributed by atoms with van der Waals surface area (Å²) in [6.07, 6.45) is 0. The van der Waals surface area contributed by atoms with Crippen LogP contribution in [0.15, 0.2) is 198 Å². The molecular weight excluding hydrogens is 643 g/mol. The molecule has 0 atom stereocenters. The van der Waals surface area contributed by atoms with E-state index in [9.17, 15) is 0 Å². The molecule has 0 saturated heterocycles. The summed E-state index contributed by atoms with van der Waals surface area (Å²) >= 11 is 1.83. The lowest BCUT2D eigenvalue weighted by Gasteiger charge is -2.35. The van der Waals surface area contributed by atoms with Crippen LogP contribution in [0.1, 0.15) is 0 Å². The number of ether oxygens (including phenoxy) is 1. The Balaban J connectivity index is 1.12. The van der Waals surface area contributed by atoms with Gasteiger partial charge in [-0.3, -0.25) is 0 Å². The van der Waals surface area contributed by atoms with Gasteiger partial charge in [0.15, 0.2) is 11.5 Å². The average molecular weight is 674 g/mol. The van der Waals surface area contributed by atoms with Crippen molar-refractivity contribution < 1.29 is 4.74 Å². The molecule has 2 aliphatic rings. The molecule has 8 aromatic rings. The molecule has 2 heterocycles. The normalized spacial score (nSPS) is 12.7. The zero-order chi connectivity index (χ0) is 33.7. The van der Waals surface area contributed by atoms with Gasteiger partial charge in [-0.1, -0.05) is 103 Å². The number of hydrogen-bond donors (Lipinski definition) is 0. The molecular formula is C46H31N3OS. The standard InChI is InChI=1S/C46H31N3OS/c1-2-15-33(16-3-1)48-39-18-6-9-22-43(39)50-44-31-36(29-30-40(44)48)47(38-21-12-14-32-13-4-5-17-37(32)38)34-25-27-35(28-26-34)49-41-19-7-10-23-45(41)51-46-24-11-8-20-42(46)49/h1-31H. The van der Waals surface area contributed by atoms with Crippen LogP contribution in [0.25, 0.3) is 10.8 Å². The lowest BCUT2D eigenvalue weighted by molar-refractivity contribution is 0.477. The van der Waals surface area contributed by atoms with Gasteiger partial charge in [-0.2, -0.15) is 0 Å².